The molecule has 0 radical (unpaired) electrons. The topological polar surface area (TPSA) is 78.3 Å². The molecule has 1 fully saturated rings. The van der Waals surface area contributed by atoms with Crippen LogP contribution in [0.1, 0.15) is 46.5 Å². The Morgan fingerprint density at radius 1 is 1.47 bits per heavy atom. The summed E-state index contributed by atoms with van der Waals surface area (Å²) in [4.78, 5) is 16.4. The van der Waals surface area contributed by atoms with Crippen LogP contribution in [0.4, 0.5) is 4.79 Å². The van der Waals surface area contributed by atoms with Crippen LogP contribution >= 0.6 is 0 Å². The van der Waals surface area contributed by atoms with Crippen molar-refractivity contribution >= 4 is 6.09 Å². The smallest absolute Gasteiger partial charge is 0.410 e. The maximum absolute atomic E-state index is 11.9. The highest BCUT2D eigenvalue weighted by Crippen LogP contribution is 2.23. The van der Waals surface area contributed by atoms with Crippen LogP contribution in [0.5, 0.6) is 0 Å². The summed E-state index contributed by atoms with van der Waals surface area (Å²) in [5.74, 6) is 0.554. The largest absolute Gasteiger partial charge is 0.444 e. The summed E-state index contributed by atoms with van der Waals surface area (Å²) in [7, 11) is 0. The molecular weight excluding hydrogens is 244 g/mol. The fourth-order valence-electron chi connectivity index (χ4n) is 2.22. The molecule has 1 unspecified atom stereocenters. The Morgan fingerprint density at radius 2 is 2.21 bits per heavy atom. The molecule has 108 valence electrons. The molecule has 1 aliphatic heterocycles. The lowest BCUT2D eigenvalue weighted by Gasteiger charge is -2.24. The average Bonchev–Trinajstić information content (AvgIpc) is 2.75. The van der Waals surface area contributed by atoms with Gasteiger partial charge in [-0.25, -0.2) is 4.79 Å². The molecule has 0 aliphatic carbocycles. The fourth-order valence-corrected chi connectivity index (χ4v) is 2.22. The normalized spacial score (nSPS) is 19.1. The number of ether oxygens (including phenoxy) is 1. The molecule has 1 atom stereocenters. The number of hydrogen-bond donors (Lipinski definition) is 0. The van der Waals surface area contributed by atoms with E-state index in [1.807, 2.05) is 20.8 Å². The van der Waals surface area contributed by atoms with Crippen LogP contribution in [-0.2, 0) is 4.74 Å². The zero-order valence-corrected chi connectivity index (χ0v) is 12.1. The molecule has 1 heterocycles. The molecule has 0 saturated carbocycles. The predicted molar refractivity (Wildman–Crippen MR) is 73.8 cm³/mol. The van der Waals surface area contributed by atoms with E-state index in [0.29, 0.717) is 12.5 Å². The Kier molecular flexibility index (Phi) is 5.96. The molecule has 1 aliphatic rings. The molecule has 6 nitrogen and oxygen atoms in total. The first-order valence-electron chi connectivity index (χ1n) is 6.91. The summed E-state index contributed by atoms with van der Waals surface area (Å²) >= 11 is 0. The maximum atomic E-state index is 11.9. The number of azide groups is 1. The number of rotatable bonds is 5. The van der Waals surface area contributed by atoms with E-state index in [2.05, 4.69) is 10.0 Å². The number of unbranched alkanes of at least 4 members (excludes halogenated alkanes) is 1. The number of hydrogen-bond acceptors (Lipinski definition) is 3. The van der Waals surface area contributed by atoms with Gasteiger partial charge in [0.25, 0.3) is 0 Å². The Balaban J connectivity index is 2.22. The molecule has 1 saturated heterocycles. The van der Waals surface area contributed by atoms with Crippen LogP contribution in [-0.4, -0.2) is 36.2 Å². The summed E-state index contributed by atoms with van der Waals surface area (Å²) in [5.41, 5.74) is 7.74. The monoisotopic (exact) mass is 268 g/mol. The summed E-state index contributed by atoms with van der Waals surface area (Å²) < 4.78 is 5.36. The third kappa shape index (κ3) is 6.34. The van der Waals surface area contributed by atoms with Gasteiger partial charge in [0, 0.05) is 24.5 Å². The van der Waals surface area contributed by atoms with Crippen molar-refractivity contribution in [3.63, 3.8) is 0 Å². The molecule has 0 aromatic heterocycles. The molecule has 0 aromatic carbocycles. The highest BCUT2D eigenvalue weighted by molar-refractivity contribution is 5.68. The molecule has 6 heteroatoms. The van der Waals surface area contributed by atoms with Crippen molar-refractivity contribution in [3.8, 4) is 0 Å². The fraction of sp³-hybridized carbons (Fsp3) is 0.923. The Morgan fingerprint density at radius 3 is 2.84 bits per heavy atom. The zero-order valence-electron chi connectivity index (χ0n) is 12.1. The van der Waals surface area contributed by atoms with E-state index in [-0.39, 0.29) is 6.09 Å². The summed E-state index contributed by atoms with van der Waals surface area (Å²) in [6, 6.07) is 0. The van der Waals surface area contributed by atoms with Gasteiger partial charge in [-0.1, -0.05) is 11.5 Å². The Labute approximate surface area is 114 Å². The van der Waals surface area contributed by atoms with Crippen LogP contribution in [0.3, 0.4) is 0 Å². The summed E-state index contributed by atoms with van der Waals surface area (Å²) in [5, 5.41) is 3.52. The predicted octanol–water partition coefficient (Wildman–Crippen LogP) is 3.72. The molecule has 1 rings (SSSR count). The zero-order chi connectivity index (χ0) is 14.3. The minimum Gasteiger partial charge on any atom is -0.444 e. The van der Waals surface area contributed by atoms with E-state index in [4.69, 9.17) is 10.3 Å². The van der Waals surface area contributed by atoms with Crippen LogP contribution in [0.2, 0.25) is 0 Å². The van der Waals surface area contributed by atoms with Crippen LogP contribution in [0, 0.1) is 5.92 Å². The quantitative estimate of drug-likeness (QED) is 0.329. The highest BCUT2D eigenvalue weighted by atomic mass is 16.6. The van der Waals surface area contributed by atoms with Crippen molar-refractivity contribution in [1.29, 1.82) is 0 Å². The van der Waals surface area contributed by atoms with Gasteiger partial charge in [-0.3, -0.25) is 0 Å². The van der Waals surface area contributed by atoms with E-state index >= 15 is 0 Å². The van der Waals surface area contributed by atoms with Gasteiger partial charge in [0.05, 0.1) is 0 Å². The molecule has 0 aromatic rings. The lowest BCUT2D eigenvalue weighted by Crippen LogP contribution is -2.35. The molecular formula is C13H24N4O2. The van der Waals surface area contributed by atoms with Gasteiger partial charge < -0.3 is 9.64 Å². The summed E-state index contributed by atoms with van der Waals surface area (Å²) in [6.45, 7) is 7.79. The van der Waals surface area contributed by atoms with E-state index < -0.39 is 5.60 Å². The molecule has 1 amide bonds. The first-order valence-corrected chi connectivity index (χ1v) is 6.91. The van der Waals surface area contributed by atoms with E-state index in [1.165, 1.54) is 0 Å². The van der Waals surface area contributed by atoms with Crippen LogP contribution in [0.15, 0.2) is 5.11 Å². The van der Waals surface area contributed by atoms with Crippen LogP contribution in [0.25, 0.3) is 10.4 Å². The number of carbonyl (C=O) groups excluding carboxylic acids is 1. The van der Waals surface area contributed by atoms with Crippen molar-refractivity contribution < 1.29 is 9.53 Å². The van der Waals surface area contributed by atoms with E-state index in [1.54, 1.807) is 4.90 Å². The number of amides is 1. The summed E-state index contributed by atoms with van der Waals surface area (Å²) in [6.07, 6.45) is 3.89. The van der Waals surface area contributed by atoms with Crippen molar-refractivity contribution in [3.05, 3.63) is 10.4 Å². The van der Waals surface area contributed by atoms with Gasteiger partial charge in [-0.05, 0) is 51.5 Å². The average molecular weight is 268 g/mol. The number of likely N-dealkylation sites (tertiary alicyclic amines) is 1. The van der Waals surface area contributed by atoms with Gasteiger partial charge in [-0.2, -0.15) is 0 Å². The molecule has 0 bridgehead atoms. The van der Waals surface area contributed by atoms with Gasteiger partial charge in [0.1, 0.15) is 5.60 Å². The standard InChI is InChI=1S/C13H24N4O2/c1-13(2,3)19-12(18)17-9-7-11(10-17)6-4-5-8-15-16-14/h11H,4-10H2,1-3H3. The number of carbonyl (C=O) groups is 1. The molecule has 0 N–H and O–H groups in total. The van der Waals surface area contributed by atoms with E-state index in [0.717, 1.165) is 38.8 Å². The minimum atomic E-state index is -0.426. The SMILES string of the molecule is CC(C)(C)OC(=O)N1CCC(CCCCN=[N+]=[N-])C1. The van der Waals surface area contributed by atoms with Crippen molar-refractivity contribution in [2.75, 3.05) is 19.6 Å². The maximum Gasteiger partial charge on any atom is 0.410 e. The second-order valence-electron chi connectivity index (χ2n) is 6.03. The first-order chi connectivity index (χ1) is 8.92. The van der Waals surface area contributed by atoms with Gasteiger partial charge >= 0.3 is 6.09 Å². The van der Waals surface area contributed by atoms with Gasteiger partial charge in [0.15, 0.2) is 0 Å². The second kappa shape index (κ2) is 7.24. The Hall–Kier alpha value is -1.42. The second-order valence-corrected chi connectivity index (χ2v) is 6.03. The number of nitrogens with zero attached hydrogens (tertiary/aromatic N) is 4. The highest BCUT2D eigenvalue weighted by Gasteiger charge is 2.29. The third-order valence-corrected chi connectivity index (χ3v) is 3.12. The lowest BCUT2D eigenvalue weighted by atomic mass is 10.0. The lowest BCUT2D eigenvalue weighted by molar-refractivity contribution is 0.0287. The Bertz CT molecular complexity index is 345. The van der Waals surface area contributed by atoms with E-state index in [9.17, 15) is 4.79 Å². The van der Waals surface area contributed by atoms with Gasteiger partial charge in [0.2, 0.25) is 0 Å². The third-order valence-electron chi connectivity index (χ3n) is 3.12. The molecule has 0 spiro atoms. The van der Waals surface area contributed by atoms with Crippen LogP contribution < -0.4 is 0 Å². The minimum absolute atomic E-state index is 0.205. The van der Waals surface area contributed by atoms with Crippen molar-refractivity contribution in [2.24, 2.45) is 11.0 Å². The first kappa shape index (κ1) is 15.6. The van der Waals surface area contributed by atoms with Crippen molar-refractivity contribution in [2.45, 2.75) is 52.1 Å². The van der Waals surface area contributed by atoms with Gasteiger partial charge in [-0.15, -0.1) is 0 Å². The molecule has 19 heavy (non-hydrogen) atoms. The van der Waals surface area contributed by atoms with Crippen molar-refractivity contribution in [1.82, 2.24) is 4.90 Å².